The Hall–Kier alpha value is -1.62. The van der Waals surface area contributed by atoms with Gasteiger partial charge in [-0.15, -0.1) is 0 Å². The van der Waals surface area contributed by atoms with Crippen LogP contribution in [0.15, 0.2) is 36.4 Å². The molecule has 5 heteroatoms. The van der Waals surface area contributed by atoms with Crippen molar-refractivity contribution in [2.45, 2.75) is 31.1 Å². The van der Waals surface area contributed by atoms with Crippen molar-refractivity contribution in [3.05, 3.63) is 42.0 Å². The Bertz CT molecular complexity index is 589. The molecule has 20 heavy (non-hydrogen) atoms. The van der Waals surface area contributed by atoms with Crippen molar-refractivity contribution in [2.24, 2.45) is 0 Å². The minimum Gasteiger partial charge on any atom is -0.352 e. The quantitative estimate of drug-likeness (QED) is 0.869. The van der Waals surface area contributed by atoms with Crippen molar-refractivity contribution in [3.8, 4) is 0 Å². The molecular weight excluding hydrogens is 274 g/mol. The Balaban J connectivity index is 1.92. The fourth-order valence-corrected chi connectivity index (χ4v) is 2.78. The van der Waals surface area contributed by atoms with Crippen molar-refractivity contribution in [1.29, 1.82) is 0 Å². The molecular formula is C15H19NO3S. The Kier molecular flexibility index (Phi) is 4.60. The van der Waals surface area contributed by atoms with Gasteiger partial charge in [-0.3, -0.25) is 4.79 Å². The molecule has 1 N–H and O–H groups in total. The molecule has 1 atom stereocenters. The Morgan fingerprint density at radius 3 is 2.60 bits per heavy atom. The van der Waals surface area contributed by atoms with Crippen LogP contribution >= 0.6 is 0 Å². The van der Waals surface area contributed by atoms with Crippen molar-refractivity contribution in [3.63, 3.8) is 0 Å². The lowest BCUT2D eigenvalue weighted by molar-refractivity contribution is -0.120. The predicted molar refractivity (Wildman–Crippen MR) is 79.9 cm³/mol. The molecule has 0 spiro atoms. The van der Waals surface area contributed by atoms with Gasteiger partial charge in [0, 0.05) is 6.04 Å². The van der Waals surface area contributed by atoms with Gasteiger partial charge in [0.15, 0.2) is 9.84 Å². The summed E-state index contributed by atoms with van der Waals surface area (Å²) in [5, 5.41) is 1.73. The first kappa shape index (κ1) is 14.8. The number of nitrogens with one attached hydrogen (secondary N) is 1. The lowest BCUT2D eigenvalue weighted by Crippen LogP contribution is -2.39. The summed E-state index contributed by atoms with van der Waals surface area (Å²) in [7, 11) is -3.45. The van der Waals surface area contributed by atoms with Crippen molar-refractivity contribution in [2.75, 3.05) is 5.75 Å². The molecule has 0 aliphatic heterocycles. The molecule has 1 aliphatic carbocycles. The second-order valence-corrected chi connectivity index (χ2v) is 7.43. The summed E-state index contributed by atoms with van der Waals surface area (Å²) in [6.45, 7) is 1.45. The number of amides is 1. The summed E-state index contributed by atoms with van der Waals surface area (Å²) in [5.74, 6) is -0.512. The first-order valence-corrected chi connectivity index (χ1v) is 8.44. The van der Waals surface area contributed by atoms with E-state index in [0.29, 0.717) is 0 Å². The second-order valence-electron chi connectivity index (χ2n) is 5.07. The van der Waals surface area contributed by atoms with Crippen molar-refractivity contribution >= 4 is 21.8 Å². The maximum Gasteiger partial charge on any atom is 0.238 e. The average Bonchev–Trinajstić information content (AvgIpc) is 3.22. The Morgan fingerprint density at radius 2 is 2.00 bits per heavy atom. The van der Waals surface area contributed by atoms with Crippen LogP contribution in [0.2, 0.25) is 0 Å². The van der Waals surface area contributed by atoms with E-state index in [1.807, 2.05) is 30.3 Å². The van der Waals surface area contributed by atoms with Gasteiger partial charge in [0.05, 0.1) is 5.75 Å². The van der Waals surface area contributed by atoms with E-state index in [1.54, 1.807) is 12.2 Å². The van der Waals surface area contributed by atoms with E-state index in [1.165, 1.54) is 6.92 Å². The van der Waals surface area contributed by atoms with Gasteiger partial charge < -0.3 is 5.32 Å². The Labute approximate surface area is 119 Å². The van der Waals surface area contributed by atoms with Crippen LogP contribution in [0.4, 0.5) is 0 Å². The molecule has 0 aromatic heterocycles. The van der Waals surface area contributed by atoms with Crippen LogP contribution < -0.4 is 5.32 Å². The fourth-order valence-electron chi connectivity index (χ4n) is 1.74. The molecule has 1 aromatic carbocycles. The SMILES string of the molecule is CC(C(=O)NC1CC1)S(=O)(=O)C/C=C/c1ccccc1. The molecule has 1 saturated carbocycles. The molecule has 0 bridgehead atoms. The zero-order valence-electron chi connectivity index (χ0n) is 11.5. The smallest absolute Gasteiger partial charge is 0.238 e. The number of sulfone groups is 1. The molecule has 1 aliphatic rings. The van der Waals surface area contributed by atoms with Gasteiger partial charge in [0.25, 0.3) is 0 Å². The lowest BCUT2D eigenvalue weighted by Gasteiger charge is -2.11. The number of hydrogen-bond acceptors (Lipinski definition) is 3. The average molecular weight is 293 g/mol. The van der Waals surface area contributed by atoms with E-state index in [9.17, 15) is 13.2 Å². The van der Waals surface area contributed by atoms with E-state index >= 15 is 0 Å². The van der Waals surface area contributed by atoms with Crippen molar-refractivity contribution in [1.82, 2.24) is 5.32 Å². The van der Waals surface area contributed by atoms with Gasteiger partial charge in [-0.1, -0.05) is 42.5 Å². The lowest BCUT2D eigenvalue weighted by atomic mass is 10.2. The maximum absolute atomic E-state index is 12.1. The highest BCUT2D eigenvalue weighted by Crippen LogP contribution is 2.19. The summed E-state index contributed by atoms with van der Waals surface area (Å²) < 4.78 is 24.1. The third-order valence-electron chi connectivity index (χ3n) is 3.27. The fraction of sp³-hybridized carbons (Fsp3) is 0.400. The zero-order valence-corrected chi connectivity index (χ0v) is 12.3. The topological polar surface area (TPSA) is 63.2 Å². The van der Waals surface area contributed by atoms with Crippen LogP contribution in [0.3, 0.4) is 0 Å². The molecule has 4 nitrogen and oxygen atoms in total. The normalized spacial score (nSPS) is 17.1. The molecule has 1 unspecified atom stereocenters. The summed E-state index contributed by atoms with van der Waals surface area (Å²) in [6.07, 6.45) is 5.24. The van der Waals surface area contributed by atoms with Gasteiger partial charge >= 0.3 is 0 Å². The van der Waals surface area contributed by atoms with Gasteiger partial charge in [-0.25, -0.2) is 8.42 Å². The third-order valence-corrected chi connectivity index (χ3v) is 5.22. The van der Waals surface area contributed by atoms with Gasteiger partial charge in [-0.05, 0) is 25.3 Å². The van der Waals surface area contributed by atoms with Crippen LogP contribution in [0.25, 0.3) is 6.08 Å². The highest BCUT2D eigenvalue weighted by atomic mass is 32.2. The van der Waals surface area contributed by atoms with Crippen LogP contribution in [-0.4, -0.2) is 31.4 Å². The van der Waals surface area contributed by atoms with E-state index in [0.717, 1.165) is 18.4 Å². The monoisotopic (exact) mass is 293 g/mol. The van der Waals surface area contributed by atoms with Crippen LogP contribution in [0, 0.1) is 0 Å². The number of rotatable bonds is 6. The van der Waals surface area contributed by atoms with Crippen molar-refractivity contribution < 1.29 is 13.2 Å². The van der Waals surface area contributed by atoms with Gasteiger partial charge in [0.1, 0.15) is 5.25 Å². The number of carbonyl (C=O) groups excluding carboxylic acids is 1. The van der Waals surface area contributed by atoms with E-state index in [2.05, 4.69) is 5.32 Å². The number of benzene rings is 1. The molecule has 1 amide bonds. The highest BCUT2D eigenvalue weighted by molar-refractivity contribution is 7.92. The zero-order chi connectivity index (χ0) is 14.6. The van der Waals surface area contributed by atoms with E-state index < -0.39 is 15.1 Å². The number of carbonyl (C=O) groups is 1. The molecule has 2 rings (SSSR count). The molecule has 0 heterocycles. The first-order valence-electron chi connectivity index (χ1n) is 6.72. The largest absolute Gasteiger partial charge is 0.352 e. The Morgan fingerprint density at radius 1 is 1.35 bits per heavy atom. The summed E-state index contributed by atoms with van der Waals surface area (Å²) in [4.78, 5) is 11.8. The molecule has 1 aromatic rings. The minimum atomic E-state index is -3.45. The standard InChI is InChI=1S/C15H19NO3S/c1-12(15(17)16-14-9-10-14)20(18,19)11-5-8-13-6-3-2-4-7-13/h2-8,12,14H,9-11H2,1H3,(H,16,17)/b8-5+. The molecule has 0 radical (unpaired) electrons. The molecule has 108 valence electrons. The summed E-state index contributed by atoms with van der Waals surface area (Å²) >= 11 is 0. The molecule has 0 saturated heterocycles. The first-order chi connectivity index (χ1) is 9.49. The summed E-state index contributed by atoms with van der Waals surface area (Å²) in [5.41, 5.74) is 0.942. The highest BCUT2D eigenvalue weighted by Gasteiger charge is 2.31. The van der Waals surface area contributed by atoms with E-state index in [4.69, 9.17) is 0 Å². The predicted octanol–water partition coefficient (Wildman–Crippen LogP) is 1.78. The maximum atomic E-state index is 12.1. The van der Waals surface area contributed by atoms with Gasteiger partial charge in [0.2, 0.25) is 5.91 Å². The summed E-state index contributed by atoms with van der Waals surface area (Å²) in [6, 6.07) is 9.65. The van der Waals surface area contributed by atoms with E-state index in [-0.39, 0.29) is 17.7 Å². The number of hydrogen-bond donors (Lipinski definition) is 1. The van der Waals surface area contributed by atoms with Gasteiger partial charge in [-0.2, -0.15) is 0 Å². The van der Waals surface area contributed by atoms with Crippen LogP contribution in [-0.2, 0) is 14.6 Å². The minimum absolute atomic E-state index is 0.124. The molecule has 1 fully saturated rings. The van der Waals surface area contributed by atoms with Crippen LogP contribution in [0.1, 0.15) is 25.3 Å². The third kappa shape index (κ3) is 4.20. The van der Waals surface area contributed by atoms with Crippen LogP contribution in [0.5, 0.6) is 0 Å². The second kappa shape index (κ2) is 6.22.